The highest BCUT2D eigenvalue weighted by Crippen LogP contribution is 2.45. The third-order valence-corrected chi connectivity index (χ3v) is 6.81. The van der Waals surface area contributed by atoms with Gasteiger partial charge in [-0.1, -0.05) is 53.4 Å². The molecule has 3 aromatic rings. The Bertz CT molecular complexity index is 991. The van der Waals surface area contributed by atoms with Crippen LogP contribution in [0.15, 0.2) is 70.6 Å². The molecule has 2 nitrogen and oxygen atoms in total. The number of hydrogen-bond donors (Lipinski definition) is 0. The lowest BCUT2D eigenvalue weighted by atomic mass is 10.3. The number of benzene rings is 2. The average Bonchev–Trinajstić information content (AvgIpc) is 3.20. The van der Waals surface area contributed by atoms with Crippen molar-refractivity contribution in [3.8, 4) is 0 Å². The normalized spacial score (nSPS) is 15.5. The van der Waals surface area contributed by atoms with Gasteiger partial charge in [-0.15, -0.1) is 11.6 Å². The second-order valence-corrected chi connectivity index (χ2v) is 8.43. The molecule has 132 valence electrons. The van der Waals surface area contributed by atoms with Crippen LogP contribution in [0.4, 0.5) is 5.69 Å². The Morgan fingerprint density at radius 3 is 2.77 bits per heavy atom. The summed E-state index contributed by atoms with van der Waals surface area (Å²) in [5, 5.41) is 2.50. The second kappa shape index (κ2) is 7.87. The molecule has 0 amide bonds. The fourth-order valence-corrected chi connectivity index (χ4v) is 5.62. The number of aromatic nitrogens is 1. The molecule has 1 aromatic heterocycles. The van der Waals surface area contributed by atoms with Crippen LogP contribution in [-0.2, 0) is 6.54 Å². The van der Waals surface area contributed by atoms with Gasteiger partial charge in [-0.05, 0) is 31.2 Å². The SMILES string of the molecule is CCN1C(=CC=Cc2sc3ccccc3[n+]2CCCl)Sc2ccccc21. The van der Waals surface area contributed by atoms with Gasteiger partial charge >= 0.3 is 0 Å². The summed E-state index contributed by atoms with van der Waals surface area (Å²) in [6.45, 7) is 3.99. The van der Waals surface area contributed by atoms with Crippen LogP contribution in [0.3, 0.4) is 0 Å². The average molecular weight is 400 g/mol. The van der Waals surface area contributed by atoms with Crippen molar-refractivity contribution in [2.75, 3.05) is 17.3 Å². The molecule has 0 radical (unpaired) electrons. The summed E-state index contributed by atoms with van der Waals surface area (Å²) in [5.41, 5.74) is 2.56. The molecule has 1 aliphatic rings. The van der Waals surface area contributed by atoms with E-state index < -0.39 is 0 Å². The predicted molar refractivity (Wildman–Crippen MR) is 115 cm³/mol. The van der Waals surface area contributed by atoms with Crippen molar-refractivity contribution in [2.45, 2.75) is 18.4 Å². The lowest BCUT2D eigenvalue weighted by Crippen LogP contribution is -2.35. The summed E-state index contributed by atoms with van der Waals surface area (Å²) in [6.07, 6.45) is 6.57. The zero-order valence-electron chi connectivity index (χ0n) is 14.6. The van der Waals surface area contributed by atoms with Crippen molar-refractivity contribution in [3.63, 3.8) is 0 Å². The van der Waals surface area contributed by atoms with Crippen molar-refractivity contribution in [2.24, 2.45) is 0 Å². The molecule has 0 saturated carbocycles. The number of allylic oxidation sites excluding steroid dienone is 2. The number of nitrogens with zero attached hydrogens (tertiary/aromatic N) is 2. The van der Waals surface area contributed by atoms with Gasteiger partial charge in [0.25, 0.3) is 5.01 Å². The van der Waals surface area contributed by atoms with E-state index in [4.69, 9.17) is 11.6 Å². The van der Waals surface area contributed by atoms with Crippen LogP contribution >= 0.6 is 34.7 Å². The number of rotatable bonds is 5. The van der Waals surface area contributed by atoms with Gasteiger partial charge < -0.3 is 4.90 Å². The minimum atomic E-state index is 0.613. The first-order valence-electron chi connectivity index (χ1n) is 8.72. The highest BCUT2D eigenvalue weighted by molar-refractivity contribution is 8.03. The molecule has 0 atom stereocenters. The molecule has 5 heteroatoms. The molecule has 0 saturated heterocycles. The van der Waals surface area contributed by atoms with E-state index in [0.29, 0.717) is 5.88 Å². The number of thiazole rings is 1. The molecule has 4 rings (SSSR count). The predicted octanol–water partition coefficient (Wildman–Crippen LogP) is 5.91. The van der Waals surface area contributed by atoms with Gasteiger partial charge in [-0.2, -0.15) is 4.57 Å². The lowest BCUT2D eigenvalue weighted by Gasteiger charge is -2.17. The van der Waals surface area contributed by atoms with E-state index in [1.165, 1.54) is 30.8 Å². The third kappa shape index (κ3) is 3.29. The fraction of sp³-hybridized carbons (Fsp3) is 0.190. The number of anilines is 1. The monoisotopic (exact) mass is 399 g/mol. The second-order valence-electron chi connectivity index (χ2n) is 5.93. The number of para-hydroxylation sites is 2. The highest BCUT2D eigenvalue weighted by atomic mass is 35.5. The Hall–Kier alpha value is -1.75. The molecule has 2 heterocycles. The van der Waals surface area contributed by atoms with Gasteiger partial charge in [0.2, 0.25) is 5.52 Å². The maximum Gasteiger partial charge on any atom is 0.262 e. The van der Waals surface area contributed by atoms with Gasteiger partial charge in [0.05, 0.1) is 16.6 Å². The van der Waals surface area contributed by atoms with Gasteiger partial charge in [0.15, 0.2) is 6.54 Å². The Balaban J connectivity index is 1.64. The summed E-state index contributed by atoms with van der Waals surface area (Å²) in [7, 11) is 0. The molecule has 0 aliphatic carbocycles. The first kappa shape index (κ1) is 17.7. The largest absolute Gasteiger partial charge is 0.335 e. The maximum atomic E-state index is 6.03. The zero-order chi connectivity index (χ0) is 17.9. The summed E-state index contributed by atoms with van der Waals surface area (Å²) >= 11 is 9.67. The molecular formula is C21H20ClN2S2+. The molecular weight excluding hydrogens is 380 g/mol. The number of aryl methyl sites for hydroxylation is 1. The van der Waals surface area contributed by atoms with Gasteiger partial charge in [-0.25, -0.2) is 0 Å². The van der Waals surface area contributed by atoms with Crippen LogP contribution < -0.4 is 9.47 Å². The summed E-state index contributed by atoms with van der Waals surface area (Å²) in [5.74, 6) is 0.613. The number of halogens is 1. The van der Waals surface area contributed by atoms with Gasteiger partial charge in [0.1, 0.15) is 4.70 Å². The van der Waals surface area contributed by atoms with E-state index in [-0.39, 0.29) is 0 Å². The van der Waals surface area contributed by atoms with Crippen molar-refractivity contribution < 1.29 is 4.57 Å². The number of alkyl halides is 1. The minimum absolute atomic E-state index is 0.613. The number of thioether (sulfide) groups is 1. The summed E-state index contributed by atoms with van der Waals surface area (Å²) in [6, 6.07) is 17.1. The maximum absolute atomic E-state index is 6.03. The highest BCUT2D eigenvalue weighted by Gasteiger charge is 2.22. The van der Waals surface area contributed by atoms with Crippen LogP contribution in [0, 0.1) is 0 Å². The Morgan fingerprint density at radius 1 is 1.12 bits per heavy atom. The van der Waals surface area contributed by atoms with E-state index >= 15 is 0 Å². The van der Waals surface area contributed by atoms with E-state index in [0.717, 1.165) is 13.1 Å². The molecule has 1 aliphatic heterocycles. The topological polar surface area (TPSA) is 7.12 Å². The van der Waals surface area contributed by atoms with E-state index in [1.54, 1.807) is 0 Å². The lowest BCUT2D eigenvalue weighted by molar-refractivity contribution is -0.664. The number of fused-ring (bicyclic) bond motifs is 2. The zero-order valence-corrected chi connectivity index (χ0v) is 16.9. The molecule has 0 spiro atoms. The van der Waals surface area contributed by atoms with Crippen LogP contribution in [0.1, 0.15) is 11.9 Å². The van der Waals surface area contributed by atoms with Gasteiger partial charge in [0, 0.05) is 23.6 Å². The van der Waals surface area contributed by atoms with E-state index in [9.17, 15) is 0 Å². The standard InChI is InChI=1S/C21H20ClN2S2/c1-2-23-16-8-3-5-10-18(16)25-20(23)12-7-13-21-24(15-14-22)17-9-4-6-11-19(17)26-21/h3-13H,2,14-15H2,1H3/q+1. The third-order valence-electron chi connectivity index (χ3n) is 4.38. The van der Waals surface area contributed by atoms with Crippen LogP contribution in [0.25, 0.3) is 16.3 Å². The van der Waals surface area contributed by atoms with Crippen LogP contribution in [0.5, 0.6) is 0 Å². The molecule has 0 bridgehead atoms. The summed E-state index contributed by atoms with van der Waals surface area (Å²) in [4.78, 5) is 3.69. The van der Waals surface area contributed by atoms with Crippen LogP contribution in [0.2, 0.25) is 0 Å². The summed E-state index contributed by atoms with van der Waals surface area (Å²) < 4.78 is 3.60. The number of hydrogen-bond acceptors (Lipinski definition) is 3. The Morgan fingerprint density at radius 2 is 1.92 bits per heavy atom. The molecule has 26 heavy (non-hydrogen) atoms. The van der Waals surface area contributed by atoms with Crippen molar-refractivity contribution in [1.82, 2.24) is 0 Å². The Kier molecular flexibility index (Phi) is 5.34. The minimum Gasteiger partial charge on any atom is -0.335 e. The fourth-order valence-electron chi connectivity index (χ4n) is 3.21. The molecule has 0 unspecified atom stereocenters. The first-order valence-corrected chi connectivity index (χ1v) is 10.9. The van der Waals surface area contributed by atoms with Crippen molar-refractivity contribution in [1.29, 1.82) is 0 Å². The molecule has 0 fully saturated rings. The van der Waals surface area contributed by atoms with Crippen molar-refractivity contribution in [3.05, 3.63) is 70.7 Å². The Labute approximate surface area is 167 Å². The smallest absolute Gasteiger partial charge is 0.262 e. The van der Waals surface area contributed by atoms with Crippen molar-refractivity contribution >= 4 is 56.7 Å². The van der Waals surface area contributed by atoms with E-state index in [1.807, 2.05) is 23.1 Å². The van der Waals surface area contributed by atoms with Gasteiger partial charge in [-0.3, -0.25) is 0 Å². The van der Waals surface area contributed by atoms with Crippen LogP contribution in [-0.4, -0.2) is 12.4 Å². The first-order chi connectivity index (χ1) is 12.8. The van der Waals surface area contributed by atoms with E-state index in [2.05, 4.69) is 83.1 Å². The quantitative estimate of drug-likeness (QED) is 0.388. The molecule has 0 N–H and O–H groups in total. The molecule has 2 aromatic carbocycles.